The zero-order valence-electron chi connectivity index (χ0n) is 9.02. The van der Waals surface area contributed by atoms with Crippen molar-refractivity contribution in [1.29, 1.82) is 0 Å². The van der Waals surface area contributed by atoms with E-state index in [9.17, 15) is 4.79 Å². The number of halogens is 1. The van der Waals surface area contributed by atoms with Crippen LogP contribution in [-0.2, 0) is 11.3 Å². The van der Waals surface area contributed by atoms with E-state index >= 15 is 0 Å². The normalized spacial score (nSPS) is 26.1. The number of carboxylic acid groups (broad SMARTS) is 1. The molecule has 5 heteroatoms. The van der Waals surface area contributed by atoms with E-state index in [1.165, 1.54) is 5.56 Å². The Hall–Kier alpha value is -0.390. The molecule has 2 unspecified atom stereocenters. The molecule has 0 spiro atoms. The molecule has 1 N–H and O–H groups in total. The van der Waals surface area contributed by atoms with Crippen molar-refractivity contribution < 1.29 is 9.90 Å². The van der Waals surface area contributed by atoms with Gasteiger partial charge in [0.1, 0.15) is 0 Å². The van der Waals surface area contributed by atoms with Crippen molar-refractivity contribution >= 4 is 33.2 Å². The quantitative estimate of drug-likeness (QED) is 0.933. The molecule has 88 valence electrons. The van der Waals surface area contributed by atoms with Crippen LogP contribution in [-0.4, -0.2) is 29.1 Å². The van der Waals surface area contributed by atoms with Crippen LogP contribution in [0.15, 0.2) is 15.2 Å². The Kier molecular flexibility index (Phi) is 3.66. The molecule has 1 aromatic heterocycles. The molecule has 1 aliphatic rings. The summed E-state index contributed by atoms with van der Waals surface area (Å²) in [5.74, 6) is -0.622. The summed E-state index contributed by atoms with van der Waals surface area (Å²) < 4.78 is 1.13. The van der Waals surface area contributed by atoms with Crippen LogP contribution in [0, 0.1) is 11.8 Å². The molecular formula is C11H14BrNO2S. The Bertz CT molecular complexity index is 393. The molecule has 0 saturated carbocycles. The van der Waals surface area contributed by atoms with E-state index in [4.69, 9.17) is 5.11 Å². The average Bonchev–Trinajstić information content (AvgIpc) is 2.73. The third kappa shape index (κ3) is 2.64. The van der Waals surface area contributed by atoms with Gasteiger partial charge in [0.05, 0.1) is 9.70 Å². The molecule has 0 amide bonds. The molecule has 1 fully saturated rings. The van der Waals surface area contributed by atoms with Crippen LogP contribution >= 0.6 is 27.3 Å². The van der Waals surface area contributed by atoms with Gasteiger partial charge in [-0.25, -0.2) is 0 Å². The van der Waals surface area contributed by atoms with Crippen molar-refractivity contribution in [2.24, 2.45) is 11.8 Å². The molecule has 0 aliphatic carbocycles. The Morgan fingerprint density at radius 1 is 1.69 bits per heavy atom. The lowest BCUT2D eigenvalue weighted by Gasteiger charge is -2.13. The van der Waals surface area contributed by atoms with Gasteiger partial charge in [-0.05, 0) is 38.9 Å². The Morgan fingerprint density at radius 2 is 2.44 bits per heavy atom. The van der Waals surface area contributed by atoms with Crippen molar-refractivity contribution in [2.45, 2.75) is 13.5 Å². The summed E-state index contributed by atoms with van der Waals surface area (Å²) in [6.07, 6.45) is 0. The highest BCUT2D eigenvalue weighted by atomic mass is 79.9. The Labute approximate surface area is 107 Å². The SMILES string of the molecule is CC1CN(Cc2csc(Br)c2)CC1C(=O)O. The van der Waals surface area contributed by atoms with E-state index in [-0.39, 0.29) is 11.8 Å². The Balaban J connectivity index is 1.96. The molecule has 1 aromatic rings. The molecule has 0 aromatic carbocycles. The number of aliphatic carboxylic acids is 1. The third-order valence-electron chi connectivity index (χ3n) is 3.03. The molecule has 0 bridgehead atoms. The van der Waals surface area contributed by atoms with E-state index in [0.717, 1.165) is 16.9 Å². The van der Waals surface area contributed by atoms with Crippen LogP contribution in [0.2, 0.25) is 0 Å². The maximum absolute atomic E-state index is 11.0. The summed E-state index contributed by atoms with van der Waals surface area (Å²) >= 11 is 5.10. The molecule has 1 aliphatic heterocycles. The van der Waals surface area contributed by atoms with Gasteiger partial charge >= 0.3 is 5.97 Å². The molecule has 2 atom stereocenters. The fourth-order valence-corrected chi connectivity index (χ4v) is 3.40. The van der Waals surface area contributed by atoms with Gasteiger partial charge in [0.25, 0.3) is 0 Å². The van der Waals surface area contributed by atoms with Crippen LogP contribution in [0.3, 0.4) is 0 Å². The highest BCUT2D eigenvalue weighted by Crippen LogP contribution is 2.27. The maximum Gasteiger partial charge on any atom is 0.308 e. The number of nitrogens with zero attached hydrogens (tertiary/aromatic N) is 1. The van der Waals surface area contributed by atoms with Crippen LogP contribution in [0.1, 0.15) is 12.5 Å². The lowest BCUT2D eigenvalue weighted by Crippen LogP contribution is -2.22. The first-order chi connectivity index (χ1) is 7.56. The van der Waals surface area contributed by atoms with Crippen molar-refractivity contribution in [3.05, 3.63) is 20.8 Å². The van der Waals surface area contributed by atoms with Crippen LogP contribution < -0.4 is 0 Å². The molecule has 0 radical (unpaired) electrons. The third-order valence-corrected chi connectivity index (χ3v) is 4.59. The summed E-state index contributed by atoms with van der Waals surface area (Å²) in [5, 5.41) is 11.2. The number of thiophene rings is 1. The van der Waals surface area contributed by atoms with E-state index in [2.05, 4.69) is 32.3 Å². The molecule has 1 saturated heterocycles. The summed E-state index contributed by atoms with van der Waals surface area (Å²) in [4.78, 5) is 13.2. The van der Waals surface area contributed by atoms with Gasteiger partial charge in [0.15, 0.2) is 0 Å². The van der Waals surface area contributed by atoms with Gasteiger partial charge in [0.2, 0.25) is 0 Å². The molecular weight excluding hydrogens is 290 g/mol. The number of hydrogen-bond donors (Lipinski definition) is 1. The monoisotopic (exact) mass is 303 g/mol. The van der Waals surface area contributed by atoms with Crippen molar-refractivity contribution in [2.75, 3.05) is 13.1 Å². The zero-order chi connectivity index (χ0) is 11.7. The first-order valence-corrected chi connectivity index (χ1v) is 6.91. The number of hydrogen-bond acceptors (Lipinski definition) is 3. The van der Waals surface area contributed by atoms with Gasteiger partial charge in [-0.3, -0.25) is 9.69 Å². The number of carbonyl (C=O) groups is 1. The van der Waals surface area contributed by atoms with Crippen molar-refractivity contribution in [1.82, 2.24) is 4.90 Å². The standard InChI is InChI=1S/C11H14BrNO2S/c1-7-3-13(5-9(7)11(14)15)4-8-2-10(12)16-6-8/h2,6-7,9H,3-5H2,1H3,(H,14,15). The highest BCUT2D eigenvalue weighted by molar-refractivity contribution is 9.11. The van der Waals surface area contributed by atoms with Gasteiger partial charge in [-0.15, -0.1) is 11.3 Å². The number of rotatable bonds is 3. The van der Waals surface area contributed by atoms with E-state index in [1.54, 1.807) is 11.3 Å². The summed E-state index contributed by atoms with van der Waals surface area (Å²) in [7, 11) is 0. The predicted molar refractivity (Wildman–Crippen MR) is 67.6 cm³/mol. The van der Waals surface area contributed by atoms with Gasteiger partial charge < -0.3 is 5.11 Å². The topological polar surface area (TPSA) is 40.5 Å². The maximum atomic E-state index is 11.0. The number of likely N-dealkylation sites (tertiary alicyclic amines) is 1. The van der Waals surface area contributed by atoms with Crippen molar-refractivity contribution in [3.8, 4) is 0 Å². The van der Waals surface area contributed by atoms with Gasteiger partial charge in [-0.2, -0.15) is 0 Å². The summed E-state index contributed by atoms with van der Waals surface area (Å²) in [6.45, 7) is 4.42. The molecule has 2 heterocycles. The summed E-state index contributed by atoms with van der Waals surface area (Å²) in [5.41, 5.74) is 1.26. The lowest BCUT2D eigenvalue weighted by atomic mass is 9.99. The van der Waals surface area contributed by atoms with Crippen LogP contribution in [0.5, 0.6) is 0 Å². The second-order valence-corrected chi connectivity index (χ2v) is 6.67. The molecule has 16 heavy (non-hydrogen) atoms. The van der Waals surface area contributed by atoms with E-state index in [0.29, 0.717) is 6.54 Å². The molecule has 2 rings (SSSR count). The first-order valence-electron chi connectivity index (χ1n) is 5.24. The second-order valence-electron chi connectivity index (χ2n) is 4.38. The average molecular weight is 304 g/mol. The second kappa shape index (κ2) is 4.85. The minimum Gasteiger partial charge on any atom is -0.481 e. The lowest BCUT2D eigenvalue weighted by molar-refractivity contribution is -0.142. The predicted octanol–water partition coefficient (Wildman–Crippen LogP) is 2.66. The number of carboxylic acids is 1. The minimum atomic E-state index is -0.665. The van der Waals surface area contributed by atoms with E-state index < -0.39 is 5.97 Å². The van der Waals surface area contributed by atoms with E-state index in [1.807, 2.05) is 6.92 Å². The van der Waals surface area contributed by atoms with Gasteiger partial charge in [-0.1, -0.05) is 6.92 Å². The Morgan fingerprint density at radius 3 is 2.94 bits per heavy atom. The first kappa shape index (κ1) is 12.1. The largest absolute Gasteiger partial charge is 0.481 e. The fraction of sp³-hybridized carbons (Fsp3) is 0.545. The smallest absolute Gasteiger partial charge is 0.308 e. The van der Waals surface area contributed by atoms with Gasteiger partial charge in [0, 0.05) is 19.6 Å². The van der Waals surface area contributed by atoms with Crippen LogP contribution in [0.25, 0.3) is 0 Å². The fourth-order valence-electron chi connectivity index (χ4n) is 2.20. The minimum absolute atomic E-state index is 0.206. The molecule has 3 nitrogen and oxygen atoms in total. The zero-order valence-corrected chi connectivity index (χ0v) is 11.4. The highest BCUT2D eigenvalue weighted by Gasteiger charge is 2.34. The summed E-state index contributed by atoms with van der Waals surface area (Å²) in [6, 6.07) is 2.10. The van der Waals surface area contributed by atoms with Crippen molar-refractivity contribution in [3.63, 3.8) is 0 Å². The van der Waals surface area contributed by atoms with Crippen LogP contribution in [0.4, 0.5) is 0 Å².